The van der Waals surface area contributed by atoms with Gasteiger partial charge in [-0.05, 0) is 25.1 Å². The van der Waals surface area contributed by atoms with Gasteiger partial charge in [-0.3, -0.25) is 14.4 Å². The van der Waals surface area contributed by atoms with Crippen LogP contribution in [-0.2, 0) is 14.4 Å². The zero-order valence-electron chi connectivity index (χ0n) is 10.9. The summed E-state index contributed by atoms with van der Waals surface area (Å²) in [4.78, 5) is 39.9. The van der Waals surface area contributed by atoms with Crippen molar-refractivity contribution in [3.63, 3.8) is 0 Å². The van der Waals surface area contributed by atoms with Gasteiger partial charge < -0.3 is 4.74 Å². The molecule has 2 amide bonds. The van der Waals surface area contributed by atoms with Crippen LogP contribution in [0.1, 0.15) is 27.6 Å². The van der Waals surface area contributed by atoms with Gasteiger partial charge in [-0.25, -0.2) is 4.79 Å². The molecule has 0 aromatic heterocycles. The third-order valence-electron chi connectivity index (χ3n) is 2.60. The lowest BCUT2D eigenvalue weighted by Crippen LogP contribution is -2.30. The van der Waals surface area contributed by atoms with E-state index in [0.717, 1.165) is 0 Å². The number of nitrogens with zero attached hydrogens (tertiary/aromatic N) is 1. The van der Waals surface area contributed by atoms with Crippen LogP contribution >= 0.6 is 0 Å². The molecule has 0 saturated carbocycles. The Labute approximate surface area is 115 Å². The lowest BCUT2D eigenvalue weighted by molar-refractivity contribution is -0.137. The minimum absolute atomic E-state index is 0.0791. The monoisotopic (exact) mass is 275 g/mol. The van der Waals surface area contributed by atoms with Crippen LogP contribution in [0.15, 0.2) is 36.4 Å². The number of hydrogen-bond acceptors (Lipinski definition) is 5. The summed E-state index contributed by atoms with van der Waals surface area (Å²) >= 11 is 0. The molecule has 0 bridgehead atoms. The van der Waals surface area contributed by atoms with Crippen molar-refractivity contribution in [2.45, 2.75) is 6.92 Å². The number of carbonyl (C=O) groups is 3. The summed E-state index contributed by atoms with van der Waals surface area (Å²) in [7, 11) is 0. The van der Waals surface area contributed by atoms with Gasteiger partial charge in [0.25, 0.3) is 11.8 Å². The third kappa shape index (κ3) is 2.75. The van der Waals surface area contributed by atoms with Crippen molar-refractivity contribution < 1.29 is 24.0 Å². The second-order valence-corrected chi connectivity index (χ2v) is 3.90. The summed E-state index contributed by atoms with van der Waals surface area (Å²) in [5.41, 5.74) is 0.624. The first kappa shape index (κ1) is 14.0. The Morgan fingerprint density at radius 1 is 1.20 bits per heavy atom. The van der Waals surface area contributed by atoms with Gasteiger partial charge in [-0.1, -0.05) is 12.1 Å². The van der Waals surface area contributed by atoms with Gasteiger partial charge in [0, 0.05) is 6.08 Å². The molecule has 6 heteroatoms. The summed E-state index contributed by atoms with van der Waals surface area (Å²) in [5, 5.41) is 0.695. The summed E-state index contributed by atoms with van der Waals surface area (Å²) in [6.45, 7) is 1.90. The van der Waals surface area contributed by atoms with E-state index in [9.17, 15) is 14.4 Å². The number of imide groups is 1. The average Bonchev–Trinajstić information content (AvgIpc) is 2.69. The molecular weight excluding hydrogens is 262 g/mol. The number of benzene rings is 1. The molecule has 0 radical (unpaired) electrons. The van der Waals surface area contributed by atoms with E-state index in [1.807, 2.05) is 0 Å². The molecule has 6 nitrogen and oxygen atoms in total. The van der Waals surface area contributed by atoms with Crippen LogP contribution in [0.3, 0.4) is 0 Å². The highest BCUT2D eigenvalue weighted by Crippen LogP contribution is 2.22. The van der Waals surface area contributed by atoms with Gasteiger partial charge in [-0.2, -0.15) is 0 Å². The number of esters is 1. The van der Waals surface area contributed by atoms with Crippen molar-refractivity contribution in [2.24, 2.45) is 0 Å². The topological polar surface area (TPSA) is 72.9 Å². The third-order valence-corrected chi connectivity index (χ3v) is 2.60. The van der Waals surface area contributed by atoms with Crippen LogP contribution in [0.25, 0.3) is 0 Å². The lowest BCUT2D eigenvalue weighted by atomic mass is 10.1. The summed E-state index contributed by atoms with van der Waals surface area (Å²) in [6.07, 6.45) is 2.56. The van der Waals surface area contributed by atoms with Crippen molar-refractivity contribution in [1.82, 2.24) is 5.06 Å². The number of ether oxygens (including phenoxy) is 1. The molecule has 104 valence electrons. The molecule has 0 spiro atoms. The Morgan fingerprint density at radius 3 is 2.35 bits per heavy atom. The Balaban J connectivity index is 1.94. The molecule has 0 saturated heterocycles. The highest BCUT2D eigenvalue weighted by Gasteiger charge is 2.36. The fourth-order valence-corrected chi connectivity index (χ4v) is 1.74. The molecule has 1 aromatic rings. The average molecular weight is 275 g/mol. The second kappa shape index (κ2) is 6.12. The molecule has 2 rings (SSSR count). The minimum atomic E-state index is -0.505. The Kier molecular flexibility index (Phi) is 4.27. The van der Waals surface area contributed by atoms with Crippen molar-refractivity contribution in [3.8, 4) is 0 Å². The van der Waals surface area contributed by atoms with E-state index in [4.69, 9.17) is 4.84 Å². The molecule has 0 unspecified atom stereocenters. The summed E-state index contributed by atoms with van der Waals surface area (Å²) in [6, 6.07) is 6.48. The van der Waals surface area contributed by atoms with E-state index in [1.165, 1.54) is 12.2 Å². The highest BCUT2D eigenvalue weighted by molar-refractivity contribution is 6.20. The van der Waals surface area contributed by atoms with Crippen LogP contribution in [0.5, 0.6) is 0 Å². The van der Waals surface area contributed by atoms with Crippen molar-refractivity contribution >= 4 is 17.8 Å². The second-order valence-electron chi connectivity index (χ2n) is 3.90. The van der Waals surface area contributed by atoms with E-state index < -0.39 is 17.8 Å². The number of amides is 2. The fraction of sp³-hybridized carbons (Fsp3) is 0.214. The molecule has 1 aliphatic rings. The fourth-order valence-electron chi connectivity index (χ4n) is 1.74. The van der Waals surface area contributed by atoms with E-state index in [2.05, 4.69) is 4.74 Å². The van der Waals surface area contributed by atoms with Crippen molar-refractivity contribution in [1.29, 1.82) is 0 Å². The maximum atomic E-state index is 11.9. The largest absolute Gasteiger partial charge is 0.463 e. The van der Waals surface area contributed by atoms with Gasteiger partial charge >= 0.3 is 5.97 Å². The first-order valence-corrected chi connectivity index (χ1v) is 6.09. The molecule has 1 aliphatic heterocycles. The number of carbonyl (C=O) groups excluding carboxylic acids is 3. The quantitative estimate of drug-likeness (QED) is 0.460. The van der Waals surface area contributed by atoms with E-state index in [0.29, 0.717) is 16.2 Å². The summed E-state index contributed by atoms with van der Waals surface area (Å²) < 4.78 is 4.68. The molecular formula is C14H13NO5. The van der Waals surface area contributed by atoms with Gasteiger partial charge in [0.1, 0.15) is 0 Å². The maximum absolute atomic E-state index is 11.9. The highest BCUT2D eigenvalue weighted by atomic mass is 16.7. The van der Waals surface area contributed by atoms with Crippen LogP contribution in [0.4, 0.5) is 0 Å². The molecule has 0 aliphatic carbocycles. The first-order chi connectivity index (χ1) is 9.65. The van der Waals surface area contributed by atoms with Gasteiger partial charge in [-0.15, -0.1) is 5.06 Å². The zero-order valence-corrected chi connectivity index (χ0v) is 10.9. The standard InChI is InChI=1S/C14H13NO5/c1-2-19-12(16)8-5-9-20-15-13(17)10-6-3-4-7-11(10)14(15)18/h3-8H,2,9H2,1H3/b8-5+. The Bertz CT molecular complexity index is 544. The molecule has 20 heavy (non-hydrogen) atoms. The lowest BCUT2D eigenvalue weighted by Gasteiger charge is -2.11. The molecule has 0 fully saturated rings. The van der Waals surface area contributed by atoms with Gasteiger partial charge in [0.05, 0.1) is 24.3 Å². The van der Waals surface area contributed by atoms with Crippen molar-refractivity contribution in [2.75, 3.05) is 13.2 Å². The summed E-state index contributed by atoms with van der Waals surface area (Å²) in [5.74, 6) is -1.51. The Morgan fingerprint density at radius 2 is 1.80 bits per heavy atom. The minimum Gasteiger partial charge on any atom is -0.463 e. The zero-order chi connectivity index (χ0) is 14.5. The Hall–Kier alpha value is -2.47. The maximum Gasteiger partial charge on any atom is 0.330 e. The predicted molar refractivity (Wildman–Crippen MR) is 68.7 cm³/mol. The smallest absolute Gasteiger partial charge is 0.330 e. The van der Waals surface area contributed by atoms with Crippen molar-refractivity contribution in [3.05, 3.63) is 47.5 Å². The number of hydroxylamine groups is 2. The predicted octanol–water partition coefficient (Wildman–Crippen LogP) is 1.33. The van der Waals surface area contributed by atoms with E-state index in [1.54, 1.807) is 31.2 Å². The molecule has 1 heterocycles. The van der Waals surface area contributed by atoms with E-state index >= 15 is 0 Å². The number of rotatable bonds is 5. The number of fused-ring (bicyclic) bond motifs is 1. The molecule has 0 N–H and O–H groups in total. The SMILES string of the molecule is CCOC(=O)/C=C/CON1C(=O)c2ccccc2C1=O. The van der Waals surface area contributed by atoms with Crippen LogP contribution in [0.2, 0.25) is 0 Å². The molecule has 0 atom stereocenters. The van der Waals surface area contributed by atoms with E-state index in [-0.39, 0.29) is 13.2 Å². The normalized spacial score (nSPS) is 13.9. The van der Waals surface area contributed by atoms with Crippen LogP contribution in [-0.4, -0.2) is 36.1 Å². The molecule has 1 aromatic carbocycles. The van der Waals surface area contributed by atoms with Gasteiger partial charge in [0.15, 0.2) is 0 Å². The number of hydrogen-bond donors (Lipinski definition) is 0. The van der Waals surface area contributed by atoms with Crippen LogP contribution in [0, 0.1) is 0 Å². The van der Waals surface area contributed by atoms with Crippen LogP contribution < -0.4 is 0 Å². The first-order valence-electron chi connectivity index (χ1n) is 6.09. The van der Waals surface area contributed by atoms with Gasteiger partial charge in [0.2, 0.25) is 0 Å².